The first-order valence-electron chi connectivity index (χ1n) is 10.5. The third-order valence-electron chi connectivity index (χ3n) is 5.63. The highest BCUT2D eigenvalue weighted by molar-refractivity contribution is 14.0. The second-order valence-electron chi connectivity index (χ2n) is 7.48. The number of carbonyl (C=O) groups is 1. The Morgan fingerprint density at radius 1 is 1.13 bits per heavy atom. The smallest absolute Gasteiger partial charge is 0.239 e. The molecule has 2 saturated heterocycles. The van der Waals surface area contributed by atoms with Crippen molar-refractivity contribution in [1.82, 2.24) is 20.0 Å². The largest absolute Gasteiger partial charge is 0.490 e. The van der Waals surface area contributed by atoms with Gasteiger partial charge in [0.15, 0.2) is 5.96 Å². The first-order valence-corrected chi connectivity index (χ1v) is 10.8. The number of aliphatic imine (C=N–C) groups is 1. The van der Waals surface area contributed by atoms with Gasteiger partial charge in [-0.05, 0) is 31.9 Å². The van der Waals surface area contributed by atoms with Crippen LogP contribution in [0.15, 0.2) is 29.3 Å². The lowest BCUT2D eigenvalue weighted by Gasteiger charge is -2.39. The lowest BCUT2D eigenvalue weighted by Crippen LogP contribution is -2.57. The molecule has 0 bridgehead atoms. The van der Waals surface area contributed by atoms with E-state index in [2.05, 4.69) is 20.1 Å². The standard InChI is InChI=1S/C21H32ClN5O2.HI/c1-17(20(28)26-10-5-6-11-26)25-12-14-27(15-13-25)21(23-2)24-9-16-29-19-8-4-3-7-18(19)22;/h3-4,7-8,17H,5-6,9-16H2,1-2H3,(H,23,24);1H. The number of guanidine groups is 1. The Morgan fingerprint density at radius 3 is 2.43 bits per heavy atom. The maximum absolute atomic E-state index is 12.6. The molecule has 1 N–H and O–H groups in total. The fourth-order valence-electron chi connectivity index (χ4n) is 3.90. The van der Waals surface area contributed by atoms with Crippen molar-refractivity contribution in [2.45, 2.75) is 25.8 Å². The highest BCUT2D eigenvalue weighted by atomic mass is 127. The van der Waals surface area contributed by atoms with Crippen molar-refractivity contribution in [1.29, 1.82) is 0 Å². The molecule has 3 rings (SSSR count). The molecule has 0 radical (unpaired) electrons. The minimum atomic E-state index is -0.0470. The quantitative estimate of drug-likeness (QED) is 0.256. The molecule has 0 saturated carbocycles. The van der Waals surface area contributed by atoms with Crippen LogP contribution in [-0.2, 0) is 4.79 Å². The predicted molar refractivity (Wildman–Crippen MR) is 132 cm³/mol. The number of rotatable bonds is 6. The topological polar surface area (TPSA) is 60.4 Å². The minimum Gasteiger partial charge on any atom is -0.490 e. The number of benzene rings is 1. The van der Waals surface area contributed by atoms with E-state index in [1.807, 2.05) is 36.1 Å². The van der Waals surface area contributed by atoms with Crippen molar-refractivity contribution in [2.75, 3.05) is 59.5 Å². The molecule has 1 aromatic rings. The Morgan fingerprint density at radius 2 is 1.80 bits per heavy atom. The zero-order chi connectivity index (χ0) is 20.6. The summed E-state index contributed by atoms with van der Waals surface area (Å²) < 4.78 is 5.72. The van der Waals surface area contributed by atoms with Gasteiger partial charge in [0, 0.05) is 46.3 Å². The lowest BCUT2D eigenvalue weighted by atomic mass is 10.2. The summed E-state index contributed by atoms with van der Waals surface area (Å²) in [6.07, 6.45) is 2.27. The summed E-state index contributed by atoms with van der Waals surface area (Å²) in [6, 6.07) is 7.42. The number of para-hydroxylation sites is 1. The number of piperazine rings is 1. The molecule has 1 amide bonds. The first-order chi connectivity index (χ1) is 14.1. The minimum absolute atomic E-state index is 0. The van der Waals surface area contributed by atoms with Gasteiger partial charge in [0.25, 0.3) is 0 Å². The van der Waals surface area contributed by atoms with Crippen LogP contribution >= 0.6 is 35.6 Å². The number of hydrogen-bond donors (Lipinski definition) is 1. The molecule has 1 atom stereocenters. The van der Waals surface area contributed by atoms with Gasteiger partial charge < -0.3 is 19.9 Å². The molecular formula is C21H33ClIN5O2. The van der Waals surface area contributed by atoms with Crippen molar-refractivity contribution >= 4 is 47.4 Å². The van der Waals surface area contributed by atoms with Gasteiger partial charge >= 0.3 is 0 Å². The van der Waals surface area contributed by atoms with E-state index in [4.69, 9.17) is 16.3 Å². The molecule has 168 valence electrons. The van der Waals surface area contributed by atoms with Crippen LogP contribution in [0.4, 0.5) is 0 Å². The molecule has 2 fully saturated rings. The normalized spacial score (nSPS) is 18.7. The van der Waals surface area contributed by atoms with Gasteiger partial charge in [-0.3, -0.25) is 14.7 Å². The van der Waals surface area contributed by atoms with E-state index in [0.717, 1.165) is 58.1 Å². The Balaban J connectivity index is 0.00000320. The molecular weight excluding hydrogens is 517 g/mol. The molecule has 2 heterocycles. The van der Waals surface area contributed by atoms with Crippen molar-refractivity contribution in [3.63, 3.8) is 0 Å². The number of nitrogens with one attached hydrogen (secondary N) is 1. The SMILES string of the molecule is CN=C(NCCOc1ccccc1Cl)N1CCN(C(C)C(=O)N2CCCC2)CC1.I. The van der Waals surface area contributed by atoms with Crippen LogP contribution in [0.2, 0.25) is 5.02 Å². The van der Waals surface area contributed by atoms with E-state index in [1.54, 1.807) is 7.05 Å². The Labute approximate surface area is 201 Å². The van der Waals surface area contributed by atoms with E-state index in [9.17, 15) is 4.79 Å². The molecule has 9 heteroatoms. The van der Waals surface area contributed by atoms with E-state index < -0.39 is 0 Å². The Kier molecular flexibility index (Phi) is 10.5. The number of likely N-dealkylation sites (tertiary alicyclic amines) is 1. The van der Waals surface area contributed by atoms with Crippen LogP contribution in [0.5, 0.6) is 5.75 Å². The average molecular weight is 550 g/mol. The van der Waals surface area contributed by atoms with Crippen LogP contribution in [0.25, 0.3) is 0 Å². The predicted octanol–water partition coefficient (Wildman–Crippen LogP) is 2.54. The van der Waals surface area contributed by atoms with Gasteiger partial charge in [-0.2, -0.15) is 0 Å². The summed E-state index contributed by atoms with van der Waals surface area (Å²) >= 11 is 6.11. The third kappa shape index (κ3) is 6.62. The number of nitrogens with zero attached hydrogens (tertiary/aromatic N) is 4. The fraction of sp³-hybridized carbons (Fsp3) is 0.619. The number of ether oxygens (including phenoxy) is 1. The van der Waals surface area contributed by atoms with E-state index in [-0.39, 0.29) is 35.9 Å². The molecule has 7 nitrogen and oxygen atoms in total. The van der Waals surface area contributed by atoms with Gasteiger partial charge in [0.05, 0.1) is 17.6 Å². The van der Waals surface area contributed by atoms with E-state index in [0.29, 0.717) is 23.9 Å². The summed E-state index contributed by atoms with van der Waals surface area (Å²) in [5, 5.41) is 3.97. The van der Waals surface area contributed by atoms with Crippen molar-refractivity contribution in [2.24, 2.45) is 4.99 Å². The maximum Gasteiger partial charge on any atom is 0.239 e. The molecule has 1 unspecified atom stereocenters. The zero-order valence-corrected chi connectivity index (χ0v) is 20.9. The maximum atomic E-state index is 12.6. The second kappa shape index (κ2) is 12.6. The monoisotopic (exact) mass is 549 g/mol. The van der Waals surface area contributed by atoms with Gasteiger partial charge in [-0.25, -0.2) is 0 Å². The summed E-state index contributed by atoms with van der Waals surface area (Å²) in [5.74, 6) is 1.83. The van der Waals surface area contributed by atoms with Crippen LogP contribution < -0.4 is 10.1 Å². The number of amides is 1. The lowest BCUT2D eigenvalue weighted by molar-refractivity contribution is -0.135. The van der Waals surface area contributed by atoms with E-state index in [1.165, 1.54) is 0 Å². The van der Waals surface area contributed by atoms with Crippen molar-refractivity contribution in [3.05, 3.63) is 29.3 Å². The molecule has 0 aromatic heterocycles. The zero-order valence-electron chi connectivity index (χ0n) is 17.8. The van der Waals surface area contributed by atoms with Crippen molar-refractivity contribution < 1.29 is 9.53 Å². The molecule has 0 aliphatic carbocycles. The molecule has 1 aromatic carbocycles. The van der Waals surface area contributed by atoms with Gasteiger partial charge in [0.2, 0.25) is 5.91 Å². The fourth-order valence-corrected chi connectivity index (χ4v) is 4.09. The number of carbonyl (C=O) groups excluding carboxylic acids is 1. The Bertz CT molecular complexity index is 706. The second-order valence-corrected chi connectivity index (χ2v) is 7.89. The summed E-state index contributed by atoms with van der Waals surface area (Å²) in [7, 11) is 1.79. The van der Waals surface area contributed by atoms with Gasteiger partial charge in [-0.15, -0.1) is 24.0 Å². The molecule has 30 heavy (non-hydrogen) atoms. The summed E-state index contributed by atoms with van der Waals surface area (Å²) in [4.78, 5) is 23.6. The van der Waals surface area contributed by atoms with Crippen LogP contribution in [0.1, 0.15) is 19.8 Å². The van der Waals surface area contributed by atoms with E-state index >= 15 is 0 Å². The number of hydrogen-bond acceptors (Lipinski definition) is 4. The van der Waals surface area contributed by atoms with Crippen LogP contribution in [0, 0.1) is 0 Å². The summed E-state index contributed by atoms with van der Waals surface area (Å²) in [6.45, 7) is 8.42. The average Bonchev–Trinajstić information content (AvgIpc) is 3.29. The van der Waals surface area contributed by atoms with Gasteiger partial charge in [0.1, 0.15) is 12.4 Å². The summed E-state index contributed by atoms with van der Waals surface area (Å²) in [5.41, 5.74) is 0. The highest BCUT2D eigenvalue weighted by Gasteiger charge is 2.30. The molecule has 2 aliphatic heterocycles. The van der Waals surface area contributed by atoms with Crippen molar-refractivity contribution in [3.8, 4) is 5.75 Å². The van der Waals surface area contributed by atoms with Gasteiger partial charge in [-0.1, -0.05) is 23.7 Å². The van der Waals surface area contributed by atoms with Crippen LogP contribution in [-0.4, -0.2) is 92.1 Å². The Hall–Kier alpha value is -1.26. The highest BCUT2D eigenvalue weighted by Crippen LogP contribution is 2.22. The molecule has 2 aliphatic rings. The number of halogens is 2. The molecule has 0 spiro atoms. The third-order valence-corrected chi connectivity index (χ3v) is 5.94. The van der Waals surface area contributed by atoms with Crippen LogP contribution in [0.3, 0.4) is 0 Å². The first kappa shape index (κ1) is 25.0.